The number of hydrogen-bond acceptors (Lipinski definition) is 13. The van der Waals surface area contributed by atoms with Crippen LogP contribution in [0.3, 0.4) is 0 Å². The van der Waals surface area contributed by atoms with Crippen molar-refractivity contribution in [3.05, 3.63) is 167 Å². The molecule has 2 aliphatic rings. The third kappa shape index (κ3) is 9.06. The van der Waals surface area contributed by atoms with E-state index >= 15 is 0 Å². The molecule has 4 amide bonds. The zero-order valence-corrected chi connectivity index (χ0v) is 35.7. The summed E-state index contributed by atoms with van der Waals surface area (Å²) in [6.07, 6.45) is 2.76. The van der Waals surface area contributed by atoms with Crippen molar-refractivity contribution in [1.82, 2.24) is 28.9 Å². The summed E-state index contributed by atoms with van der Waals surface area (Å²) in [5.41, 5.74) is 4.56. The predicted octanol–water partition coefficient (Wildman–Crippen LogP) is 5.72. The second-order valence-corrected chi connectivity index (χ2v) is 14.6. The fourth-order valence-electron chi connectivity index (χ4n) is 7.51. The number of hydrogen-bond donors (Lipinski definition) is 5. The molecule has 6 N–H and O–H groups in total. The summed E-state index contributed by atoms with van der Waals surface area (Å²) in [5, 5.41) is 27.9. The van der Waals surface area contributed by atoms with Crippen LogP contribution in [-0.4, -0.2) is 74.8 Å². The van der Waals surface area contributed by atoms with Gasteiger partial charge in [-0.3, -0.25) is 48.5 Å². The molecule has 0 bridgehead atoms. The van der Waals surface area contributed by atoms with Crippen LogP contribution in [0.4, 0.5) is 17.1 Å². The Morgan fingerprint density at radius 3 is 1.54 bits per heavy atom. The lowest BCUT2D eigenvalue weighted by Crippen LogP contribution is -2.39. The van der Waals surface area contributed by atoms with Crippen LogP contribution in [0, 0.1) is 0 Å². The van der Waals surface area contributed by atoms with E-state index in [0.717, 1.165) is 28.0 Å². The Hall–Kier alpha value is -8.48. The number of imide groups is 2. The zero-order valence-electron chi connectivity index (χ0n) is 35.7. The molecular formula is C46H45N9O10. The van der Waals surface area contributed by atoms with Crippen LogP contribution in [0.25, 0.3) is 11.4 Å². The van der Waals surface area contributed by atoms with Crippen LogP contribution in [0.2, 0.25) is 0 Å². The van der Waals surface area contributed by atoms with Crippen molar-refractivity contribution in [2.45, 2.75) is 65.5 Å². The fraction of sp³-hybridized carbons (Fsp3) is 0.217. The van der Waals surface area contributed by atoms with Gasteiger partial charge in [-0.15, -0.1) is 10.2 Å². The summed E-state index contributed by atoms with van der Waals surface area (Å²) in [5.74, 6) is -2.44. The molecule has 65 heavy (non-hydrogen) atoms. The minimum Gasteiger partial charge on any atom is -0.494 e. The molecule has 8 rings (SSSR count). The third-order valence-corrected chi connectivity index (χ3v) is 10.8. The van der Waals surface area contributed by atoms with Gasteiger partial charge in [0.15, 0.2) is 0 Å². The standard InChI is InChI=1S/C23H21N5O5.C13H16N2O2.C10H8N2O3/c1-3-13(4-2)27-20(30)15-11-8-12-16(17(15)21(27)31)25-26-18-19(29)24-23(33)28(22(18)32)14-9-6-5-7-10-14;1-3-8(4-2)15-12(16)9-6-5-7-10(14)11(9)13(15)17;13-8-6-9(14)12(10(15)11-8)7-4-2-1-3-5-7/h5-13,32H,3-4H2,1-2H3,(H,24,29,33);5-8H,3-4,14H2,1-2H3;1-6,14H,(H,11,13,15). The number of nitrogens with one attached hydrogen (secondary N) is 2. The Balaban J connectivity index is 0.000000182. The average molecular weight is 884 g/mol. The van der Waals surface area contributed by atoms with Gasteiger partial charge < -0.3 is 15.9 Å². The number of fused-ring (bicyclic) bond motifs is 2. The number of aromatic hydroxyl groups is 2. The van der Waals surface area contributed by atoms with Gasteiger partial charge in [0.1, 0.15) is 0 Å². The van der Waals surface area contributed by atoms with Gasteiger partial charge in [0.25, 0.3) is 34.7 Å². The molecule has 334 valence electrons. The number of carbonyl (C=O) groups excluding carboxylic acids is 4. The lowest BCUT2D eigenvalue weighted by Gasteiger charge is -2.23. The number of amides is 4. The van der Waals surface area contributed by atoms with E-state index in [1.54, 1.807) is 84.9 Å². The van der Waals surface area contributed by atoms with Crippen molar-refractivity contribution >= 4 is 40.7 Å². The summed E-state index contributed by atoms with van der Waals surface area (Å²) in [6, 6.07) is 27.0. The largest absolute Gasteiger partial charge is 0.494 e. The molecule has 4 heterocycles. The molecule has 0 aliphatic carbocycles. The lowest BCUT2D eigenvalue weighted by atomic mass is 10.1. The maximum atomic E-state index is 13.1. The highest BCUT2D eigenvalue weighted by Gasteiger charge is 2.41. The molecule has 2 aromatic heterocycles. The Morgan fingerprint density at radius 1 is 0.554 bits per heavy atom. The summed E-state index contributed by atoms with van der Waals surface area (Å²) in [4.78, 5) is 104. The fourth-order valence-corrected chi connectivity index (χ4v) is 7.51. The van der Waals surface area contributed by atoms with E-state index in [-0.39, 0.29) is 46.6 Å². The van der Waals surface area contributed by atoms with E-state index in [4.69, 9.17) is 5.73 Å². The van der Waals surface area contributed by atoms with Crippen LogP contribution in [0.15, 0.2) is 133 Å². The Kier molecular flexibility index (Phi) is 14.0. The van der Waals surface area contributed by atoms with Crippen molar-refractivity contribution in [3.63, 3.8) is 0 Å². The first-order valence-corrected chi connectivity index (χ1v) is 20.6. The molecule has 19 heteroatoms. The highest BCUT2D eigenvalue weighted by Crippen LogP contribution is 2.35. The summed E-state index contributed by atoms with van der Waals surface area (Å²) in [7, 11) is 0. The van der Waals surface area contributed by atoms with Crippen LogP contribution >= 0.6 is 0 Å². The van der Waals surface area contributed by atoms with Gasteiger partial charge in [0.2, 0.25) is 17.4 Å². The van der Waals surface area contributed by atoms with Crippen LogP contribution < -0.4 is 28.2 Å². The number of aromatic amines is 2. The summed E-state index contributed by atoms with van der Waals surface area (Å²) < 4.78 is 1.90. The maximum Gasteiger partial charge on any atom is 0.335 e. The van der Waals surface area contributed by atoms with Gasteiger partial charge >= 0.3 is 11.4 Å². The third-order valence-electron chi connectivity index (χ3n) is 10.8. The maximum absolute atomic E-state index is 13.1. The van der Waals surface area contributed by atoms with Gasteiger partial charge in [-0.25, -0.2) is 18.7 Å². The topological polar surface area (TPSA) is 276 Å². The van der Waals surface area contributed by atoms with Crippen molar-refractivity contribution in [1.29, 1.82) is 0 Å². The number of anilines is 1. The zero-order chi connectivity index (χ0) is 47.1. The minimum atomic E-state index is -0.943. The Labute approximate surface area is 369 Å². The number of azo groups is 1. The van der Waals surface area contributed by atoms with Gasteiger partial charge in [-0.05, 0) is 74.2 Å². The molecule has 0 spiro atoms. The number of nitrogens with zero attached hydrogens (tertiary/aromatic N) is 6. The number of rotatable bonds is 10. The SMILES string of the molecule is CCC(CC)N1C(=O)c2cccc(N)c2C1=O.CCC(CC)N1C(=O)c2cccc(N=Nc3c(O)n(-c4ccccc4)c(=O)[nH]c3=O)c2C1=O.O=c1cc(O)n(-c2ccccc2)c(=O)[nH]1. The molecule has 4 aromatic carbocycles. The Morgan fingerprint density at radius 2 is 1.03 bits per heavy atom. The normalized spacial score (nSPS) is 13.0. The second kappa shape index (κ2) is 19.7. The van der Waals surface area contributed by atoms with Crippen molar-refractivity contribution in [2.75, 3.05) is 5.73 Å². The molecule has 0 saturated carbocycles. The van der Waals surface area contributed by atoms with E-state index in [1.165, 1.54) is 21.9 Å². The number of carbonyl (C=O) groups is 4. The number of aromatic nitrogens is 4. The van der Waals surface area contributed by atoms with E-state index in [0.29, 0.717) is 41.0 Å². The summed E-state index contributed by atoms with van der Waals surface area (Å²) in [6.45, 7) is 7.74. The number of nitrogen functional groups attached to an aromatic ring is 1. The van der Waals surface area contributed by atoms with Gasteiger partial charge in [0, 0.05) is 17.8 Å². The molecule has 2 aliphatic heterocycles. The molecule has 0 atom stereocenters. The quantitative estimate of drug-likeness (QED) is 0.0631. The van der Waals surface area contributed by atoms with Crippen molar-refractivity contribution in [2.24, 2.45) is 10.2 Å². The molecule has 6 aromatic rings. The average Bonchev–Trinajstić information content (AvgIpc) is 3.70. The first kappa shape index (κ1) is 46.0. The molecule has 19 nitrogen and oxygen atoms in total. The smallest absolute Gasteiger partial charge is 0.335 e. The van der Waals surface area contributed by atoms with Crippen LogP contribution in [0.1, 0.15) is 94.8 Å². The monoisotopic (exact) mass is 883 g/mol. The van der Waals surface area contributed by atoms with Crippen LogP contribution in [-0.2, 0) is 0 Å². The molecular weight excluding hydrogens is 839 g/mol. The number of H-pyrrole nitrogens is 2. The van der Waals surface area contributed by atoms with Gasteiger partial charge in [-0.1, -0.05) is 76.2 Å². The molecule has 0 unspecified atom stereocenters. The molecule has 0 saturated heterocycles. The first-order chi connectivity index (χ1) is 31.2. The van der Waals surface area contributed by atoms with E-state index in [1.807, 2.05) is 27.7 Å². The van der Waals surface area contributed by atoms with Gasteiger partial charge in [0.05, 0.1) is 45.4 Å². The van der Waals surface area contributed by atoms with E-state index in [9.17, 15) is 48.6 Å². The summed E-state index contributed by atoms with van der Waals surface area (Å²) >= 11 is 0. The highest BCUT2D eigenvalue weighted by molar-refractivity contribution is 6.24. The van der Waals surface area contributed by atoms with Crippen molar-refractivity contribution < 1.29 is 29.4 Å². The number of nitrogens with two attached hydrogens (primary N) is 1. The van der Waals surface area contributed by atoms with Crippen LogP contribution in [0.5, 0.6) is 11.8 Å². The molecule has 0 fully saturated rings. The number of para-hydroxylation sites is 2. The Bertz CT molecular complexity index is 3060. The lowest BCUT2D eigenvalue weighted by molar-refractivity contribution is 0.0560. The van der Waals surface area contributed by atoms with E-state index in [2.05, 4.69) is 20.2 Å². The second-order valence-electron chi connectivity index (χ2n) is 14.6. The van der Waals surface area contributed by atoms with E-state index < -0.39 is 45.9 Å². The minimum absolute atomic E-state index is 0.0400. The number of benzene rings is 4. The predicted molar refractivity (Wildman–Crippen MR) is 240 cm³/mol. The highest BCUT2D eigenvalue weighted by atomic mass is 16.3. The van der Waals surface area contributed by atoms with Crippen molar-refractivity contribution in [3.8, 4) is 23.1 Å². The van der Waals surface area contributed by atoms with Gasteiger partial charge in [-0.2, -0.15) is 0 Å². The molecule has 0 radical (unpaired) electrons. The first-order valence-electron chi connectivity index (χ1n) is 20.6.